The van der Waals surface area contributed by atoms with E-state index in [0.29, 0.717) is 0 Å². The molecule has 0 bridgehead atoms. The summed E-state index contributed by atoms with van der Waals surface area (Å²) >= 11 is -1.11. The van der Waals surface area contributed by atoms with Crippen molar-refractivity contribution in [2.45, 2.75) is 50.6 Å². The fourth-order valence-corrected chi connectivity index (χ4v) is 27.6. The Morgan fingerprint density at radius 3 is 1.50 bits per heavy atom. The van der Waals surface area contributed by atoms with Gasteiger partial charge in [0.1, 0.15) is 0 Å². The van der Waals surface area contributed by atoms with Gasteiger partial charge in [0.25, 0.3) is 0 Å². The van der Waals surface area contributed by atoms with Crippen LogP contribution in [0.5, 0.6) is 0 Å². The standard InChI is InChI=1S/C5H5.2C4H11Si.Sc/c1-2-4-5-3-1;2*1-5(2,3)4;/h1-5H;2*1H2,2-4H3;. The van der Waals surface area contributed by atoms with Crippen molar-refractivity contribution in [3.8, 4) is 0 Å². The Bertz CT molecular complexity index is 253. The van der Waals surface area contributed by atoms with Crippen LogP contribution in [-0.2, 0) is 21.4 Å². The molecule has 0 aliphatic heterocycles. The molecule has 0 aromatic heterocycles. The molecule has 0 N–H and O–H groups in total. The molecule has 1 aliphatic carbocycles. The van der Waals surface area contributed by atoms with E-state index in [0.717, 1.165) is 3.67 Å². The third-order valence-electron chi connectivity index (χ3n) is 3.07. The summed E-state index contributed by atoms with van der Waals surface area (Å²) in [5.74, 6) is 0. The minimum atomic E-state index is -1.11. The zero-order chi connectivity index (χ0) is 12.4. The van der Waals surface area contributed by atoms with Crippen molar-refractivity contribution in [3.63, 3.8) is 0 Å². The third kappa shape index (κ3) is 5.92. The molecule has 1 aliphatic rings. The van der Waals surface area contributed by atoms with Crippen molar-refractivity contribution in [1.82, 2.24) is 0 Å². The van der Waals surface area contributed by atoms with E-state index >= 15 is 0 Å². The van der Waals surface area contributed by atoms with E-state index in [1.165, 1.54) is 0 Å². The predicted molar refractivity (Wildman–Crippen MR) is 78.3 cm³/mol. The second-order valence-corrected chi connectivity index (χ2v) is 26.1. The first kappa shape index (κ1) is 14.8. The molecule has 0 unspecified atom stereocenters. The second-order valence-electron chi connectivity index (χ2n) is 7.64. The molecule has 0 nitrogen and oxygen atoms in total. The first-order valence-corrected chi connectivity index (χ1v) is 17.5. The van der Waals surface area contributed by atoms with Gasteiger partial charge in [0, 0.05) is 0 Å². The van der Waals surface area contributed by atoms with E-state index in [9.17, 15) is 0 Å². The molecular weight excluding hydrogens is 257 g/mol. The molecule has 1 rings (SSSR count). The van der Waals surface area contributed by atoms with Crippen molar-refractivity contribution in [2.24, 2.45) is 0 Å². The summed E-state index contributed by atoms with van der Waals surface area (Å²) in [5.41, 5.74) is 0. The van der Waals surface area contributed by atoms with Crippen LogP contribution in [0, 0.1) is 0 Å². The van der Waals surface area contributed by atoms with E-state index < -0.39 is 37.6 Å². The first-order chi connectivity index (χ1) is 7.17. The Morgan fingerprint density at radius 2 is 1.19 bits per heavy atom. The summed E-state index contributed by atoms with van der Waals surface area (Å²) in [7, 11) is -1.70. The molecule has 0 aromatic rings. The van der Waals surface area contributed by atoms with Crippen molar-refractivity contribution in [2.75, 3.05) is 0 Å². The van der Waals surface area contributed by atoms with E-state index in [1.54, 1.807) is 7.60 Å². The van der Waals surface area contributed by atoms with Gasteiger partial charge in [-0.2, -0.15) is 0 Å². The van der Waals surface area contributed by atoms with E-state index in [-0.39, 0.29) is 0 Å². The first-order valence-electron chi connectivity index (χ1n) is 6.52. The average molecular weight is 284 g/mol. The Kier molecular flexibility index (Phi) is 5.21. The van der Waals surface area contributed by atoms with Gasteiger partial charge in [0.15, 0.2) is 0 Å². The zero-order valence-corrected chi connectivity index (χ0v) is 15.7. The third-order valence-corrected chi connectivity index (χ3v) is 25.4. The molecule has 0 atom stereocenters. The Balaban J connectivity index is 2.69. The number of allylic oxidation sites excluding steroid dienone is 4. The van der Waals surface area contributed by atoms with Gasteiger partial charge >= 0.3 is 112 Å². The van der Waals surface area contributed by atoms with E-state index in [2.05, 4.69) is 63.6 Å². The topological polar surface area (TPSA) is 0 Å². The molecule has 0 fully saturated rings. The van der Waals surface area contributed by atoms with Crippen LogP contribution >= 0.6 is 0 Å². The second kappa shape index (κ2) is 5.62. The van der Waals surface area contributed by atoms with Crippen molar-refractivity contribution in [1.29, 1.82) is 0 Å². The van der Waals surface area contributed by atoms with Crippen LogP contribution in [0.4, 0.5) is 0 Å². The van der Waals surface area contributed by atoms with Crippen LogP contribution in [0.3, 0.4) is 0 Å². The summed E-state index contributed by atoms with van der Waals surface area (Å²) in [6, 6.07) is 0. The number of hydrogen-bond donors (Lipinski definition) is 0. The van der Waals surface area contributed by atoms with Crippen LogP contribution in [0.1, 0.15) is 0 Å². The summed E-state index contributed by atoms with van der Waals surface area (Å²) in [6.45, 7) is 15.3. The van der Waals surface area contributed by atoms with Crippen LogP contribution in [-0.4, -0.2) is 16.1 Å². The maximum atomic E-state index is 2.55. The molecule has 0 spiro atoms. The maximum absolute atomic E-state index is 2.55. The van der Waals surface area contributed by atoms with Gasteiger partial charge in [-0.3, -0.25) is 0 Å². The zero-order valence-electron chi connectivity index (χ0n) is 11.9. The fourth-order valence-electron chi connectivity index (χ4n) is 2.68. The Hall–Kier alpha value is 0.784. The fraction of sp³-hybridized carbons (Fsp3) is 0.692. The van der Waals surface area contributed by atoms with Crippen molar-refractivity contribution < 1.29 is 21.4 Å². The van der Waals surface area contributed by atoms with Gasteiger partial charge in [0.2, 0.25) is 0 Å². The van der Waals surface area contributed by atoms with Gasteiger partial charge in [-0.15, -0.1) is 0 Å². The van der Waals surface area contributed by atoms with Gasteiger partial charge in [0.05, 0.1) is 0 Å². The molecule has 0 heterocycles. The Morgan fingerprint density at radius 1 is 0.812 bits per heavy atom. The molecule has 0 radical (unpaired) electrons. The molecule has 90 valence electrons. The van der Waals surface area contributed by atoms with Crippen LogP contribution in [0.15, 0.2) is 24.3 Å². The summed E-state index contributed by atoms with van der Waals surface area (Å²) in [4.78, 5) is 0. The van der Waals surface area contributed by atoms with E-state index in [4.69, 9.17) is 0 Å². The van der Waals surface area contributed by atoms with Crippen molar-refractivity contribution >= 4 is 16.1 Å². The predicted octanol–water partition coefficient (Wildman–Crippen LogP) is 5.11. The molecule has 0 saturated carbocycles. The SMILES string of the molecule is C[Si](C)(C)[CH2][Sc]([CH2][Si](C)(C)C)[CH]1C=CC=C1. The molecular formula is C13H27ScSi2. The average Bonchev–Trinajstić information content (AvgIpc) is 2.47. The molecule has 0 saturated heterocycles. The normalized spacial score (nSPS) is 17.1. The summed E-state index contributed by atoms with van der Waals surface area (Å²) < 4.78 is 4.26. The van der Waals surface area contributed by atoms with Crippen molar-refractivity contribution in [3.05, 3.63) is 24.3 Å². The van der Waals surface area contributed by atoms with Crippen LogP contribution in [0.2, 0.25) is 50.6 Å². The van der Waals surface area contributed by atoms with Gasteiger partial charge in [-0.1, -0.05) is 0 Å². The number of rotatable bonds is 5. The molecule has 3 heteroatoms. The van der Waals surface area contributed by atoms with Crippen LogP contribution in [0.25, 0.3) is 0 Å². The monoisotopic (exact) mass is 284 g/mol. The summed E-state index contributed by atoms with van der Waals surface area (Å²) in [6.07, 6.45) is 9.53. The molecule has 16 heavy (non-hydrogen) atoms. The van der Waals surface area contributed by atoms with Gasteiger partial charge in [-0.25, -0.2) is 0 Å². The van der Waals surface area contributed by atoms with Crippen LogP contribution < -0.4 is 0 Å². The van der Waals surface area contributed by atoms with Gasteiger partial charge < -0.3 is 0 Å². The van der Waals surface area contributed by atoms with Gasteiger partial charge in [-0.05, 0) is 0 Å². The minimum absolute atomic E-state index is 0.850. The summed E-state index contributed by atoms with van der Waals surface area (Å²) in [5, 5.41) is 0. The molecule has 0 amide bonds. The molecule has 0 aromatic carbocycles. The quantitative estimate of drug-likeness (QED) is 0.615. The number of hydrogen-bond acceptors (Lipinski definition) is 0. The van der Waals surface area contributed by atoms with E-state index in [1.807, 2.05) is 0 Å². The Labute approximate surface area is 112 Å².